The molecule has 1 fully saturated rings. The normalized spacial score (nSPS) is 12.9. The summed E-state index contributed by atoms with van der Waals surface area (Å²) >= 11 is 11.1. The molecule has 330 valence electrons. The predicted molar refractivity (Wildman–Crippen MR) is 286 cm³/mol. The first-order valence-electron chi connectivity index (χ1n) is 21.5. The largest absolute Gasteiger partial charge is 1.00 e. The molecule has 0 unspecified atom stereocenters. The Morgan fingerprint density at radius 1 is 0.615 bits per heavy atom. The second-order valence-corrected chi connectivity index (χ2v) is 27.5. The van der Waals surface area contributed by atoms with Crippen molar-refractivity contribution in [3.05, 3.63) is 219 Å². The molecule has 0 spiro atoms. The molecule has 1 aromatic heterocycles. The Hall–Kier alpha value is -4.02. The van der Waals surface area contributed by atoms with Gasteiger partial charge in [0.05, 0.1) is 10.8 Å². The summed E-state index contributed by atoms with van der Waals surface area (Å²) in [7, 11) is 0. The average molecular weight is 1070 g/mol. The maximum absolute atomic E-state index is 12.3. The third kappa shape index (κ3) is 12.7. The number of fused-ring (bicyclic) bond motifs is 4. The van der Waals surface area contributed by atoms with Crippen molar-refractivity contribution in [1.29, 1.82) is 0 Å². The van der Waals surface area contributed by atoms with E-state index in [-0.39, 0.29) is 24.3 Å². The van der Waals surface area contributed by atoms with E-state index >= 15 is 0 Å². The monoisotopic (exact) mass is 1070 g/mol. The van der Waals surface area contributed by atoms with Gasteiger partial charge in [-0.2, -0.15) is 6.42 Å². The van der Waals surface area contributed by atoms with Crippen molar-refractivity contribution in [2.24, 2.45) is 0 Å². The van der Waals surface area contributed by atoms with Gasteiger partial charge in [0.25, 0.3) is 0 Å². The van der Waals surface area contributed by atoms with Gasteiger partial charge in [-0.15, -0.1) is 0 Å². The van der Waals surface area contributed by atoms with Crippen LogP contribution in [0, 0.1) is 20.8 Å². The van der Waals surface area contributed by atoms with Crippen LogP contribution in [-0.2, 0) is 4.74 Å². The molecule has 0 N–H and O–H groups in total. The van der Waals surface area contributed by atoms with Crippen molar-refractivity contribution in [2.45, 2.75) is 46.5 Å². The molecule has 65 heavy (non-hydrogen) atoms. The van der Waals surface area contributed by atoms with E-state index in [0.29, 0.717) is 21.9 Å². The summed E-state index contributed by atoms with van der Waals surface area (Å²) in [4.78, 5) is 12.3. The van der Waals surface area contributed by atoms with Gasteiger partial charge in [-0.3, -0.25) is 4.79 Å². The summed E-state index contributed by atoms with van der Waals surface area (Å²) in [5, 5.41) is 2.72. The van der Waals surface area contributed by atoms with Gasteiger partial charge in [0.15, 0.2) is 0 Å². The van der Waals surface area contributed by atoms with Crippen molar-refractivity contribution in [2.75, 3.05) is 19.9 Å². The van der Waals surface area contributed by atoms with Gasteiger partial charge in [0.2, 0.25) is 5.43 Å². The Kier molecular flexibility index (Phi) is 19.3. The fourth-order valence-corrected chi connectivity index (χ4v) is 13.7. The number of halogens is 3. The molecule has 7 aromatic carbocycles. The molecule has 0 radical (unpaired) electrons. The van der Waals surface area contributed by atoms with Crippen molar-refractivity contribution >= 4 is 96.1 Å². The second-order valence-electron chi connectivity index (χ2n) is 15.9. The number of benzene rings is 7. The van der Waals surface area contributed by atoms with Crippen LogP contribution in [-0.4, -0.2) is 19.9 Å². The predicted octanol–water partition coefficient (Wildman–Crippen LogP) is 12.8. The summed E-state index contributed by atoms with van der Waals surface area (Å²) in [6.07, 6.45) is 4.83. The van der Waals surface area contributed by atoms with Gasteiger partial charge in [-0.1, -0.05) is 70.0 Å². The SMILES string of the molecule is C1CCOC1.C=C1c2ccc(C)cc2Oc2ccc(Br)cc21.CP(Br)(c1ccccc1)(c1ccccc1)c1ccccc1.Cc1ccc2c(=O)c3cc(Br)ccc3oc2c1.[CH2-]CCC.[Li+]. The molecule has 0 atom stereocenters. The van der Waals surface area contributed by atoms with Crippen molar-refractivity contribution < 1.29 is 32.8 Å². The van der Waals surface area contributed by atoms with Crippen LogP contribution in [0.5, 0.6) is 11.5 Å². The molecule has 3 heterocycles. The molecule has 4 nitrogen and oxygen atoms in total. The average Bonchev–Trinajstić information content (AvgIpc) is 3.92. The number of hydrogen-bond donors (Lipinski definition) is 0. The summed E-state index contributed by atoms with van der Waals surface area (Å²) in [6, 6.07) is 55.6. The molecule has 9 heteroatoms. The Balaban J connectivity index is 0.000000166. The fourth-order valence-electron chi connectivity index (χ4n) is 7.29. The van der Waals surface area contributed by atoms with E-state index in [1.165, 1.54) is 40.7 Å². The molecule has 0 bridgehead atoms. The Labute approximate surface area is 422 Å². The van der Waals surface area contributed by atoms with Crippen LogP contribution in [0.1, 0.15) is 54.9 Å². The third-order valence-corrected chi connectivity index (χ3v) is 20.3. The Bertz CT molecular complexity index is 2770. The molecular formula is C56H55Br3LiO4P. The zero-order valence-corrected chi connectivity index (χ0v) is 43.6. The van der Waals surface area contributed by atoms with E-state index in [1.807, 2.05) is 61.5 Å². The first kappa shape index (κ1) is 52.0. The quantitative estimate of drug-likeness (QED) is 0.0763. The number of hydrogen-bond acceptors (Lipinski definition) is 4. The van der Waals surface area contributed by atoms with Gasteiger partial charge in [0, 0.05) is 33.3 Å². The summed E-state index contributed by atoms with van der Waals surface area (Å²) in [5.74, 6) is 1.76. The standard InChI is InChI=1S/C19H18BrP.C15H11BrO.C14H9BrO2.C4H8O.C4H9.Li/c1-21(20,17-11-5-2-6-12-17,18-13-7-3-8-14-18)19-15-9-4-10-16-19;1-9-3-5-12-10(2)13-8-11(16)4-6-14(13)17-15(12)7-9;1-8-2-4-10-13(6-8)17-12-5-3-9(15)7-11(12)14(10)16;1-2-4-5-3-1;1-3-4-2;/h2-16H,1H3;3-8H,2H2,1H3;2-7H,1H3;1-4H2;1,3-4H2,2H3;/q;;;;-1;+1. The smallest absolute Gasteiger partial charge is 0.456 e. The molecule has 1 saturated heterocycles. The minimum Gasteiger partial charge on any atom is -0.456 e. The summed E-state index contributed by atoms with van der Waals surface area (Å²) in [6.45, 7) is 18.3. The van der Waals surface area contributed by atoms with Gasteiger partial charge in [-0.25, -0.2) is 0 Å². The van der Waals surface area contributed by atoms with Crippen LogP contribution in [0.25, 0.3) is 27.5 Å². The van der Waals surface area contributed by atoms with Crippen LogP contribution >= 0.6 is 52.7 Å². The van der Waals surface area contributed by atoms with E-state index in [1.54, 1.807) is 6.07 Å². The Morgan fingerprint density at radius 2 is 1.12 bits per heavy atom. The van der Waals surface area contributed by atoms with Crippen molar-refractivity contribution in [3.8, 4) is 11.5 Å². The van der Waals surface area contributed by atoms with Crippen molar-refractivity contribution in [3.63, 3.8) is 0 Å². The second kappa shape index (κ2) is 24.1. The molecule has 10 rings (SSSR count). The first-order valence-corrected chi connectivity index (χ1v) is 27.8. The molecule has 2 aliphatic rings. The molecule has 0 saturated carbocycles. The first-order chi connectivity index (χ1) is 30.8. The maximum atomic E-state index is 12.3. The van der Waals surface area contributed by atoms with Crippen LogP contribution < -0.4 is 44.9 Å². The Morgan fingerprint density at radius 3 is 1.65 bits per heavy atom. The number of unbranched alkanes of at least 4 members (excludes halogenated alkanes) is 1. The number of aryl methyl sites for hydroxylation is 2. The maximum Gasteiger partial charge on any atom is 1.00 e. The minimum absolute atomic E-state index is 0. The van der Waals surface area contributed by atoms with Gasteiger partial charge < -0.3 is 20.8 Å². The van der Waals surface area contributed by atoms with Crippen LogP contribution in [0.15, 0.2) is 189 Å². The van der Waals surface area contributed by atoms with Crippen LogP contribution in [0.3, 0.4) is 0 Å². The van der Waals surface area contributed by atoms with E-state index < -0.39 is 5.31 Å². The van der Waals surface area contributed by atoms with E-state index in [2.05, 4.69) is 184 Å². The van der Waals surface area contributed by atoms with Gasteiger partial charge in [-0.05, 0) is 98.0 Å². The van der Waals surface area contributed by atoms with Gasteiger partial charge >= 0.3 is 153 Å². The zero-order chi connectivity index (χ0) is 45.7. The molecule has 2 aliphatic heterocycles. The van der Waals surface area contributed by atoms with E-state index in [9.17, 15) is 4.79 Å². The third-order valence-electron chi connectivity index (χ3n) is 11.0. The zero-order valence-electron chi connectivity index (χ0n) is 38.0. The van der Waals surface area contributed by atoms with E-state index in [0.717, 1.165) is 62.3 Å². The number of ether oxygens (including phenoxy) is 2. The molecule has 8 aromatic rings. The molecular weight excluding hydrogens is 1010 g/mol. The van der Waals surface area contributed by atoms with Crippen LogP contribution in [0.2, 0.25) is 0 Å². The summed E-state index contributed by atoms with van der Waals surface area (Å²) in [5.41, 5.74) is 6.69. The van der Waals surface area contributed by atoms with Crippen molar-refractivity contribution in [1.82, 2.24) is 0 Å². The summed E-state index contributed by atoms with van der Waals surface area (Å²) < 4.78 is 18.5. The number of rotatable bonds is 4. The van der Waals surface area contributed by atoms with E-state index in [4.69, 9.17) is 13.9 Å². The molecule has 0 amide bonds. The topological polar surface area (TPSA) is 48.7 Å². The van der Waals surface area contributed by atoms with Crippen LogP contribution in [0.4, 0.5) is 0 Å². The molecule has 0 aliphatic carbocycles. The minimum atomic E-state index is -2.56. The fraction of sp³-hybridized carbons (Fsp3) is 0.179. The van der Waals surface area contributed by atoms with Gasteiger partial charge in [0.1, 0.15) is 22.7 Å².